The Balaban J connectivity index is 1.72. The number of allylic oxidation sites excluding steroid dienone is 2. The van der Waals surface area contributed by atoms with Crippen LogP contribution in [0, 0.1) is 5.92 Å². The quantitative estimate of drug-likeness (QED) is 0.591. The smallest absolute Gasteiger partial charge is 0.226 e. The molecule has 2 aromatic rings. The van der Waals surface area contributed by atoms with Gasteiger partial charge < -0.3 is 25.6 Å². The summed E-state index contributed by atoms with van der Waals surface area (Å²) in [5.74, 6) is -0.584. The molecule has 0 spiro atoms. The minimum absolute atomic E-state index is 0.0496. The van der Waals surface area contributed by atoms with E-state index in [1.807, 2.05) is 42.6 Å². The van der Waals surface area contributed by atoms with Crippen molar-refractivity contribution in [2.75, 3.05) is 32.1 Å². The molecule has 156 valence electrons. The maximum absolute atomic E-state index is 13.2. The summed E-state index contributed by atoms with van der Waals surface area (Å²) in [7, 11) is 1.66. The van der Waals surface area contributed by atoms with Crippen molar-refractivity contribution >= 4 is 28.6 Å². The SMILES string of the molecule is CN(CCO)C(=O)C1CC(=O)c2c([nH]c(C3=CCNC=C3)c2Nc2ccccc2)C1. The number of aromatic amines is 1. The standard InChI is InChI=1S/C23H26N4O3/c1-27(11-12-28)23(30)16-13-18-20(19(29)14-16)22(25-17-5-3-2-4-6-17)21(26-18)15-7-9-24-10-8-15/h2-9,16,24-26,28H,10-14H2,1H3. The zero-order chi connectivity index (χ0) is 21.1. The predicted molar refractivity (Wildman–Crippen MR) is 117 cm³/mol. The highest BCUT2D eigenvalue weighted by molar-refractivity contribution is 6.08. The molecular formula is C23H26N4O3. The number of aliphatic hydroxyl groups is 1. The third-order valence-electron chi connectivity index (χ3n) is 5.55. The van der Waals surface area contributed by atoms with Crippen LogP contribution in [-0.4, -0.2) is 53.4 Å². The van der Waals surface area contributed by atoms with Gasteiger partial charge in [0.1, 0.15) is 0 Å². The molecule has 4 rings (SSSR count). The summed E-state index contributed by atoms with van der Waals surface area (Å²) in [6.45, 7) is 0.875. The Labute approximate surface area is 175 Å². The number of carbonyl (C=O) groups excluding carboxylic acids is 2. The van der Waals surface area contributed by atoms with Gasteiger partial charge in [-0.2, -0.15) is 0 Å². The van der Waals surface area contributed by atoms with Gasteiger partial charge in [-0.3, -0.25) is 9.59 Å². The lowest BCUT2D eigenvalue weighted by Crippen LogP contribution is -2.38. The third kappa shape index (κ3) is 3.89. The van der Waals surface area contributed by atoms with Crippen molar-refractivity contribution < 1.29 is 14.7 Å². The van der Waals surface area contributed by atoms with Crippen molar-refractivity contribution in [1.82, 2.24) is 15.2 Å². The van der Waals surface area contributed by atoms with Gasteiger partial charge >= 0.3 is 0 Å². The average Bonchev–Trinajstić information content (AvgIpc) is 3.13. The molecule has 1 aliphatic heterocycles. The number of aliphatic hydroxyl groups excluding tert-OH is 1. The molecule has 0 fully saturated rings. The number of nitrogens with one attached hydrogen (secondary N) is 3. The Morgan fingerprint density at radius 2 is 2.07 bits per heavy atom. The fraction of sp³-hybridized carbons (Fsp3) is 0.304. The van der Waals surface area contributed by atoms with E-state index in [1.54, 1.807) is 7.05 Å². The number of nitrogens with zero attached hydrogens (tertiary/aromatic N) is 1. The summed E-state index contributed by atoms with van der Waals surface area (Å²) in [6.07, 6.45) is 6.56. The fourth-order valence-electron chi connectivity index (χ4n) is 4.05. The van der Waals surface area contributed by atoms with E-state index in [0.29, 0.717) is 18.5 Å². The van der Waals surface area contributed by atoms with E-state index in [2.05, 4.69) is 21.7 Å². The molecule has 1 aromatic carbocycles. The Morgan fingerprint density at radius 1 is 1.27 bits per heavy atom. The highest BCUT2D eigenvalue weighted by atomic mass is 16.3. The van der Waals surface area contributed by atoms with Crippen LogP contribution in [0.3, 0.4) is 0 Å². The van der Waals surface area contributed by atoms with E-state index in [9.17, 15) is 9.59 Å². The van der Waals surface area contributed by atoms with Gasteiger partial charge in [-0.1, -0.05) is 24.3 Å². The van der Waals surface area contributed by atoms with Crippen LogP contribution >= 0.6 is 0 Å². The average molecular weight is 406 g/mol. The summed E-state index contributed by atoms with van der Waals surface area (Å²) >= 11 is 0. The van der Waals surface area contributed by atoms with Crippen molar-refractivity contribution in [3.05, 3.63) is 65.6 Å². The number of rotatable bonds is 6. The molecule has 7 nitrogen and oxygen atoms in total. The molecule has 1 aromatic heterocycles. The molecule has 1 atom stereocenters. The van der Waals surface area contributed by atoms with E-state index in [0.717, 1.165) is 28.3 Å². The number of anilines is 2. The maximum Gasteiger partial charge on any atom is 0.226 e. The Bertz CT molecular complexity index is 1010. The molecule has 0 saturated heterocycles. The highest BCUT2D eigenvalue weighted by Crippen LogP contribution is 2.39. The molecule has 4 N–H and O–H groups in total. The first-order valence-corrected chi connectivity index (χ1v) is 10.1. The second-order valence-electron chi connectivity index (χ2n) is 7.63. The van der Waals surface area contributed by atoms with E-state index < -0.39 is 5.92 Å². The van der Waals surface area contributed by atoms with Crippen molar-refractivity contribution in [3.8, 4) is 0 Å². The van der Waals surface area contributed by atoms with Gasteiger partial charge in [0, 0.05) is 44.4 Å². The van der Waals surface area contributed by atoms with E-state index >= 15 is 0 Å². The zero-order valence-corrected chi connectivity index (χ0v) is 16.9. The Kier molecular flexibility index (Phi) is 5.72. The number of benzene rings is 1. The van der Waals surface area contributed by atoms with Crippen molar-refractivity contribution in [2.24, 2.45) is 5.92 Å². The molecule has 30 heavy (non-hydrogen) atoms. The molecule has 7 heteroatoms. The first-order chi connectivity index (χ1) is 14.6. The van der Waals surface area contributed by atoms with Crippen LogP contribution in [0.4, 0.5) is 11.4 Å². The number of hydrogen-bond acceptors (Lipinski definition) is 5. The second-order valence-corrected chi connectivity index (χ2v) is 7.63. The maximum atomic E-state index is 13.2. The van der Waals surface area contributed by atoms with Gasteiger partial charge in [0.2, 0.25) is 5.91 Å². The summed E-state index contributed by atoms with van der Waals surface area (Å²) in [6, 6.07) is 9.75. The van der Waals surface area contributed by atoms with Crippen LogP contribution in [0.1, 0.15) is 28.2 Å². The number of dihydropyridines is 1. The number of likely N-dealkylation sites (N-methyl/N-ethyl adjacent to an activating group) is 1. The lowest BCUT2D eigenvalue weighted by atomic mass is 9.85. The van der Waals surface area contributed by atoms with Gasteiger partial charge in [-0.05, 0) is 30.0 Å². The molecule has 0 saturated carbocycles. The van der Waals surface area contributed by atoms with Gasteiger partial charge in [0.05, 0.1) is 29.5 Å². The van der Waals surface area contributed by atoms with Crippen LogP contribution in [0.25, 0.3) is 5.57 Å². The number of hydrogen-bond donors (Lipinski definition) is 4. The summed E-state index contributed by atoms with van der Waals surface area (Å²) in [4.78, 5) is 30.8. The molecule has 1 amide bonds. The number of Topliss-reactive ketones (excluding diaryl/α,β-unsaturated/α-hetero) is 1. The number of ketones is 1. The van der Waals surface area contributed by atoms with Gasteiger partial charge in [-0.25, -0.2) is 0 Å². The first-order valence-electron chi connectivity index (χ1n) is 10.1. The number of para-hydroxylation sites is 1. The van der Waals surface area contributed by atoms with Gasteiger partial charge in [0.25, 0.3) is 0 Å². The topological polar surface area (TPSA) is 97.5 Å². The normalized spacial score (nSPS) is 17.7. The van der Waals surface area contributed by atoms with Crippen molar-refractivity contribution in [3.63, 3.8) is 0 Å². The third-order valence-corrected chi connectivity index (χ3v) is 5.55. The summed E-state index contributed by atoms with van der Waals surface area (Å²) in [5.41, 5.74) is 4.92. The largest absolute Gasteiger partial charge is 0.395 e. The molecule has 1 aliphatic carbocycles. The lowest BCUT2D eigenvalue weighted by Gasteiger charge is -2.26. The lowest BCUT2D eigenvalue weighted by molar-refractivity contribution is -0.134. The van der Waals surface area contributed by atoms with Gasteiger partial charge in [0.15, 0.2) is 5.78 Å². The first kappa shape index (κ1) is 20.0. The Hall–Kier alpha value is -3.32. The highest BCUT2D eigenvalue weighted by Gasteiger charge is 2.36. The summed E-state index contributed by atoms with van der Waals surface area (Å²) < 4.78 is 0. The number of H-pyrrole nitrogens is 1. The number of carbonyl (C=O) groups is 2. The van der Waals surface area contributed by atoms with Crippen LogP contribution in [0.5, 0.6) is 0 Å². The van der Waals surface area contributed by atoms with E-state index in [1.165, 1.54) is 4.90 Å². The monoisotopic (exact) mass is 406 g/mol. The summed E-state index contributed by atoms with van der Waals surface area (Å²) in [5, 5.41) is 15.7. The molecule has 1 unspecified atom stereocenters. The minimum Gasteiger partial charge on any atom is -0.395 e. The minimum atomic E-state index is -0.421. The zero-order valence-electron chi connectivity index (χ0n) is 16.9. The Morgan fingerprint density at radius 3 is 2.77 bits per heavy atom. The molecule has 0 bridgehead atoms. The molecule has 2 aliphatic rings. The fourth-order valence-corrected chi connectivity index (χ4v) is 4.05. The van der Waals surface area contributed by atoms with Crippen LogP contribution in [0.2, 0.25) is 0 Å². The number of amides is 1. The van der Waals surface area contributed by atoms with Crippen LogP contribution in [0.15, 0.2) is 48.7 Å². The van der Waals surface area contributed by atoms with Crippen LogP contribution < -0.4 is 10.6 Å². The van der Waals surface area contributed by atoms with E-state index in [-0.39, 0.29) is 31.3 Å². The second kappa shape index (κ2) is 8.59. The van der Waals surface area contributed by atoms with Crippen molar-refractivity contribution in [1.29, 1.82) is 0 Å². The molecule has 2 heterocycles. The van der Waals surface area contributed by atoms with Crippen molar-refractivity contribution in [2.45, 2.75) is 12.8 Å². The van der Waals surface area contributed by atoms with Crippen LogP contribution in [-0.2, 0) is 11.2 Å². The van der Waals surface area contributed by atoms with E-state index in [4.69, 9.17) is 5.11 Å². The van der Waals surface area contributed by atoms with Gasteiger partial charge in [-0.15, -0.1) is 0 Å². The molecule has 0 radical (unpaired) electrons. The number of aromatic nitrogens is 1. The number of fused-ring (bicyclic) bond motifs is 1. The predicted octanol–water partition coefficient (Wildman–Crippen LogP) is 2.45. The molecular weight excluding hydrogens is 380 g/mol.